The average molecular weight is 268 g/mol. The molecule has 20 heavy (non-hydrogen) atoms. The fourth-order valence-electron chi connectivity index (χ4n) is 2.11. The molecule has 0 aliphatic carbocycles. The fraction of sp³-hybridized carbons (Fsp3) is 0.235. The Bertz CT molecular complexity index is 626. The fourth-order valence-corrected chi connectivity index (χ4v) is 2.11. The van der Waals surface area contributed by atoms with Gasteiger partial charge in [-0.25, -0.2) is 4.39 Å². The molecule has 0 aliphatic heterocycles. The minimum absolute atomic E-state index is 0.341. The highest BCUT2D eigenvalue weighted by Crippen LogP contribution is 2.22. The summed E-state index contributed by atoms with van der Waals surface area (Å²) < 4.78 is 13.4. The Hall–Kier alpha value is -2.18. The second-order valence-corrected chi connectivity index (χ2v) is 4.93. The summed E-state index contributed by atoms with van der Waals surface area (Å²) in [5.74, 6) is -0.382. The van der Waals surface area contributed by atoms with Gasteiger partial charge in [0, 0.05) is 6.04 Å². The quantitative estimate of drug-likeness (QED) is 0.921. The third kappa shape index (κ3) is 3.43. The van der Waals surface area contributed by atoms with Crippen molar-refractivity contribution in [3.63, 3.8) is 0 Å². The van der Waals surface area contributed by atoms with Crippen molar-refractivity contribution in [2.75, 3.05) is 7.05 Å². The maximum atomic E-state index is 13.4. The van der Waals surface area contributed by atoms with E-state index in [4.69, 9.17) is 5.26 Å². The van der Waals surface area contributed by atoms with Gasteiger partial charge in [0.2, 0.25) is 0 Å². The maximum absolute atomic E-state index is 13.4. The number of nitriles is 1. The van der Waals surface area contributed by atoms with Gasteiger partial charge in [-0.2, -0.15) is 5.26 Å². The lowest BCUT2D eigenvalue weighted by molar-refractivity contribution is 0.608. The van der Waals surface area contributed by atoms with Crippen LogP contribution in [-0.2, 0) is 6.42 Å². The lowest BCUT2D eigenvalue weighted by Crippen LogP contribution is -2.23. The molecule has 2 aromatic carbocycles. The average Bonchev–Trinajstić information content (AvgIpc) is 2.47. The summed E-state index contributed by atoms with van der Waals surface area (Å²) in [6.45, 7) is 2.12. The van der Waals surface area contributed by atoms with Crippen LogP contribution in [0.5, 0.6) is 0 Å². The van der Waals surface area contributed by atoms with Gasteiger partial charge in [-0.1, -0.05) is 24.3 Å². The number of hydrogen-bond acceptors (Lipinski definition) is 2. The van der Waals surface area contributed by atoms with Gasteiger partial charge in [0.05, 0.1) is 11.6 Å². The third-order valence-corrected chi connectivity index (χ3v) is 3.35. The first-order valence-corrected chi connectivity index (χ1v) is 6.59. The molecule has 0 aromatic heterocycles. The molecule has 0 saturated heterocycles. The van der Waals surface area contributed by atoms with Crippen LogP contribution in [0.4, 0.5) is 4.39 Å². The Kier molecular flexibility index (Phi) is 4.49. The summed E-state index contributed by atoms with van der Waals surface area (Å²) in [5, 5.41) is 12.1. The van der Waals surface area contributed by atoms with Crippen LogP contribution in [0.2, 0.25) is 0 Å². The molecule has 0 amide bonds. The van der Waals surface area contributed by atoms with Gasteiger partial charge in [-0.05, 0) is 55.3 Å². The SMILES string of the molecule is CNC(C)Cc1ccc(-c2cc(F)cc(C#N)c2)cc1. The van der Waals surface area contributed by atoms with Crippen LogP contribution in [-0.4, -0.2) is 13.1 Å². The summed E-state index contributed by atoms with van der Waals surface area (Å²) in [5.41, 5.74) is 3.22. The van der Waals surface area contributed by atoms with E-state index in [2.05, 4.69) is 12.2 Å². The van der Waals surface area contributed by atoms with E-state index in [9.17, 15) is 4.39 Å². The Balaban J connectivity index is 2.26. The molecule has 3 heteroatoms. The molecule has 0 spiro atoms. The standard InChI is InChI=1S/C17H17FN2/c1-12(20-2)7-13-3-5-15(6-4-13)16-8-14(11-19)9-17(18)10-16/h3-6,8-10,12,20H,7H2,1-2H3. The lowest BCUT2D eigenvalue weighted by Gasteiger charge is -2.10. The molecule has 0 aliphatic rings. The molecule has 1 atom stereocenters. The summed E-state index contributed by atoms with van der Waals surface area (Å²) in [7, 11) is 1.94. The first-order valence-electron chi connectivity index (χ1n) is 6.59. The van der Waals surface area contributed by atoms with Crippen LogP contribution >= 0.6 is 0 Å². The third-order valence-electron chi connectivity index (χ3n) is 3.35. The van der Waals surface area contributed by atoms with Crippen LogP contribution in [0.15, 0.2) is 42.5 Å². The van der Waals surface area contributed by atoms with E-state index in [0.717, 1.165) is 17.5 Å². The predicted octanol–water partition coefficient (Wildman–Crippen LogP) is 3.51. The van der Waals surface area contributed by atoms with Crippen LogP contribution in [0, 0.1) is 17.1 Å². The molecule has 102 valence electrons. The molecular weight excluding hydrogens is 251 g/mol. The summed E-state index contributed by atoms with van der Waals surface area (Å²) in [4.78, 5) is 0. The van der Waals surface area contributed by atoms with Crippen molar-refractivity contribution < 1.29 is 4.39 Å². The van der Waals surface area contributed by atoms with E-state index >= 15 is 0 Å². The first-order chi connectivity index (χ1) is 9.62. The molecular formula is C17H17FN2. The smallest absolute Gasteiger partial charge is 0.125 e. The van der Waals surface area contributed by atoms with Crippen molar-refractivity contribution in [3.8, 4) is 17.2 Å². The van der Waals surface area contributed by atoms with Crippen molar-refractivity contribution in [3.05, 3.63) is 59.4 Å². The molecule has 0 bridgehead atoms. The van der Waals surface area contributed by atoms with E-state index in [-0.39, 0.29) is 5.82 Å². The molecule has 2 aromatic rings. The van der Waals surface area contributed by atoms with Gasteiger partial charge in [-0.3, -0.25) is 0 Å². The van der Waals surface area contributed by atoms with E-state index in [1.54, 1.807) is 6.07 Å². The van der Waals surface area contributed by atoms with Gasteiger partial charge >= 0.3 is 0 Å². The van der Waals surface area contributed by atoms with Crippen molar-refractivity contribution in [2.45, 2.75) is 19.4 Å². The molecule has 0 heterocycles. The van der Waals surface area contributed by atoms with Gasteiger partial charge in [-0.15, -0.1) is 0 Å². The molecule has 1 unspecified atom stereocenters. The predicted molar refractivity (Wildman–Crippen MR) is 78.8 cm³/mol. The number of nitrogens with one attached hydrogen (secondary N) is 1. The second kappa shape index (κ2) is 6.31. The molecule has 0 fully saturated rings. The number of hydrogen-bond donors (Lipinski definition) is 1. The first kappa shape index (κ1) is 14.2. The number of nitrogens with zero attached hydrogens (tertiary/aromatic N) is 1. The zero-order valence-corrected chi connectivity index (χ0v) is 11.7. The zero-order chi connectivity index (χ0) is 14.5. The molecule has 2 rings (SSSR count). The lowest BCUT2D eigenvalue weighted by atomic mass is 10.00. The van der Waals surface area contributed by atoms with E-state index in [0.29, 0.717) is 11.6 Å². The summed E-state index contributed by atoms with van der Waals surface area (Å²) in [6.07, 6.45) is 0.948. The van der Waals surface area contributed by atoms with Crippen LogP contribution in [0.1, 0.15) is 18.1 Å². The number of benzene rings is 2. The van der Waals surface area contributed by atoms with Crippen molar-refractivity contribution >= 4 is 0 Å². The van der Waals surface area contributed by atoms with E-state index in [1.807, 2.05) is 37.4 Å². The largest absolute Gasteiger partial charge is 0.317 e. The van der Waals surface area contributed by atoms with Crippen LogP contribution in [0.3, 0.4) is 0 Å². The van der Waals surface area contributed by atoms with Gasteiger partial charge in [0.15, 0.2) is 0 Å². The molecule has 1 N–H and O–H groups in total. The van der Waals surface area contributed by atoms with Crippen LogP contribution in [0.25, 0.3) is 11.1 Å². The van der Waals surface area contributed by atoms with Crippen molar-refractivity contribution in [2.24, 2.45) is 0 Å². The second-order valence-electron chi connectivity index (χ2n) is 4.93. The highest BCUT2D eigenvalue weighted by atomic mass is 19.1. The Morgan fingerprint density at radius 3 is 2.45 bits per heavy atom. The number of rotatable bonds is 4. The zero-order valence-electron chi connectivity index (χ0n) is 11.7. The Morgan fingerprint density at radius 1 is 1.15 bits per heavy atom. The van der Waals surface area contributed by atoms with E-state index in [1.165, 1.54) is 17.7 Å². The minimum Gasteiger partial charge on any atom is -0.317 e. The Labute approximate surface area is 118 Å². The maximum Gasteiger partial charge on any atom is 0.125 e. The number of likely N-dealkylation sites (N-methyl/N-ethyl adjacent to an activating group) is 1. The monoisotopic (exact) mass is 268 g/mol. The topological polar surface area (TPSA) is 35.8 Å². The van der Waals surface area contributed by atoms with Gasteiger partial charge in [0.25, 0.3) is 0 Å². The number of halogens is 1. The van der Waals surface area contributed by atoms with Crippen LogP contribution < -0.4 is 5.32 Å². The molecule has 0 saturated carbocycles. The highest BCUT2D eigenvalue weighted by Gasteiger charge is 2.05. The summed E-state index contributed by atoms with van der Waals surface area (Å²) in [6, 6.07) is 14.8. The summed E-state index contributed by atoms with van der Waals surface area (Å²) >= 11 is 0. The molecule has 0 radical (unpaired) electrons. The minimum atomic E-state index is -0.382. The van der Waals surface area contributed by atoms with Crippen molar-refractivity contribution in [1.29, 1.82) is 5.26 Å². The van der Waals surface area contributed by atoms with Gasteiger partial charge < -0.3 is 5.32 Å². The normalized spacial score (nSPS) is 11.9. The van der Waals surface area contributed by atoms with Crippen molar-refractivity contribution in [1.82, 2.24) is 5.32 Å². The Morgan fingerprint density at radius 2 is 1.85 bits per heavy atom. The van der Waals surface area contributed by atoms with E-state index < -0.39 is 0 Å². The molecule has 2 nitrogen and oxygen atoms in total. The highest BCUT2D eigenvalue weighted by molar-refractivity contribution is 5.65. The van der Waals surface area contributed by atoms with Gasteiger partial charge in [0.1, 0.15) is 5.82 Å².